The summed E-state index contributed by atoms with van der Waals surface area (Å²) in [6, 6.07) is 11.7. The maximum atomic E-state index is 13.3. The van der Waals surface area contributed by atoms with E-state index < -0.39 is 17.3 Å². The molecule has 5 heteroatoms. The van der Waals surface area contributed by atoms with Crippen LogP contribution in [0.3, 0.4) is 0 Å². The molecule has 21 heavy (non-hydrogen) atoms. The molecule has 0 aliphatic rings. The smallest absolute Gasteiger partial charge is 0.247 e. The number of hydrogen-bond donors (Lipinski definition) is 2. The molecule has 0 aliphatic heterocycles. The molecule has 0 spiro atoms. The van der Waals surface area contributed by atoms with Crippen molar-refractivity contribution in [1.29, 1.82) is 0 Å². The van der Waals surface area contributed by atoms with Gasteiger partial charge in [0.05, 0.1) is 5.02 Å². The van der Waals surface area contributed by atoms with Crippen LogP contribution < -0.4 is 11.1 Å². The summed E-state index contributed by atoms with van der Waals surface area (Å²) >= 11 is 5.79. The van der Waals surface area contributed by atoms with E-state index in [2.05, 4.69) is 5.32 Å². The van der Waals surface area contributed by atoms with Gasteiger partial charge in [-0.1, -0.05) is 35.4 Å². The minimum Gasteiger partial charge on any atom is -0.368 e. The lowest BCUT2D eigenvalue weighted by Crippen LogP contribution is -2.45. The lowest BCUT2D eigenvalue weighted by Gasteiger charge is -2.29. The van der Waals surface area contributed by atoms with E-state index in [4.69, 9.17) is 17.3 Å². The number of amides is 1. The second kappa shape index (κ2) is 5.74. The predicted octanol–water partition coefficient (Wildman–Crippen LogP) is 3.60. The van der Waals surface area contributed by atoms with Gasteiger partial charge in [-0.05, 0) is 43.7 Å². The Morgan fingerprint density at radius 1 is 1.24 bits per heavy atom. The van der Waals surface area contributed by atoms with E-state index in [-0.39, 0.29) is 5.02 Å². The summed E-state index contributed by atoms with van der Waals surface area (Å²) in [6.07, 6.45) is 0. The largest absolute Gasteiger partial charge is 0.368 e. The van der Waals surface area contributed by atoms with Crippen LogP contribution in [0.25, 0.3) is 0 Å². The Kier molecular flexibility index (Phi) is 4.19. The van der Waals surface area contributed by atoms with Crippen LogP contribution >= 0.6 is 11.6 Å². The van der Waals surface area contributed by atoms with Crippen LogP contribution in [0.4, 0.5) is 10.1 Å². The molecule has 1 atom stereocenters. The summed E-state index contributed by atoms with van der Waals surface area (Å²) in [5.41, 5.74) is 6.69. The number of nitrogens with one attached hydrogen (secondary N) is 1. The van der Waals surface area contributed by atoms with Crippen molar-refractivity contribution in [3.05, 3.63) is 64.4 Å². The van der Waals surface area contributed by atoms with Gasteiger partial charge in [0.25, 0.3) is 0 Å². The van der Waals surface area contributed by atoms with Crippen LogP contribution in [-0.2, 0) is 10.3 Å². The zero-order valence-electron chi connectivity index (χ0n) is 11.8. The Bertz CT molecular complexity index is 672. The first-order valence-corrected chi connectivity index (χ1v) is 6.81. The third kappa shape index (κ3) is 3.16. The minimum absolute atomic E-state index is 0.0503. The molecule has 1 amide bonds. The Morgan fingerprint density at radius 2 is 1.86 bits per heavy atom. The molecular weight excluding hydrogens is 291 g/mol. The predicted molar refractivity (Wildman–Crippen MR) is 82.8 cm³/mol. The van der Waals surface area contributed by atoms with Crippen molar-refractivity contribution in [2.24, 2.45) is 5.73 Å². The molecule has 0 radical (unpaired) electrons. The van der Waals surface area contributed by atoms with Crippen molar-refractivity contribution < 1.29 is 9.18 Å². The number of carbonyl (C=O) groups is 1. The van der Waals surface area contributed by atoms with Gasteiger partial charge in [0.1, 0.15) is 11.4 Å². The molecule has 3 nitrogen and oxygen atoms in total. The van der Waals surface area contributed by atoms with E-state index in [0.717, 1.165) is 11.3 Å². The van der Waals surface area contributed by atoms with Crippen LogP contribution in [0.1, 0.15) is 18.1 Å². The number of anilines is 1. The summed E-state index contributed by atoms with van der Waals surface area (Å²) in [6.45, 7) is 3.61. The van der Waals surface area contributed by atoms with Gasteiger partial charge in [-0.15, -0.1) is 0 Å². The van der Waals surface area contributed by atoms with Crippen molar-refractivity contribution in [1.82, 2.24) is 0 Å². The third-order valence-electron chi connectivity index (χ3n) is 3.44. The van der Waals surface area contributed by atoms with Crippen molar-refractivity contribution in [3.8, 4) is 0 Å². The Labute approximate surface area is 127 Å². The van der Waals surface area contributed by atoms with Crippen molar-refractivity contribution in [2.45, 2.75) is 19.4 Å². The second-order valence-corrected chi connectivity index (χ2v) is 5.52. The first-order chi connectivity index (χ1) is 9.83. The van der Waals surface area contributed by atoms with E-state index in [0.29, 0.717) is 5.56 Å². The Hall–Kier alpha value is -2.07. The molecule has 0 saturated heterocycles. The molecule has 110 valence electrons. The van der Waals surface area contributed by atoms with Crippen LogP contribution in [0, 0.1) is 12.7 Å². The SMILES string of the molecule is Cc1ccc(NC(C)(C(N)=O)c2ccc(F)c(Cl)c2)cc1. The zero-order chi connectivity index (χ0) is 15.6. The topological polar surface area (TPSA) is 55.1 Å². The third-order valence-corrected chi connectivity index (χ3v) is 3.73. The van der Waals surface area contributed by atoms with Crippen LogP contribution in [0.15, 0.2) is 42.5 Å². The van der Waals surface area contributed by atoms with E-state index in [9.17, 15) is 9.18 Å². The molecular formula is C16H16ClFN2O. The lowest BCUT2D eigenvalue weighted by atomic mass is 9.90. The number of benzene rings is 2. The summed E-state index contributed by atoms with van der Waals surface area (Å²) < 4.78 is 13.3. The number of hydrogen-bond acceptors (Lipinski definition) is 2. The Morgan fingerprint density at radius 3 is 2.38 bits per heavy atom. The fourth-order valence-corrected chi connectivity index (χ4v) is 2.19. The molecule has 2 aromatic rings. The first-order valence-electron chi connectivity index (χ1n) is 6.43. The second-order valence-electron chi connectivity index (χ2n) is 5.11. The maximum absolute atomic E-state index is 13.3. The van der Waals surface area contributed by atoms with Gasteiger partial charge >= 0.3 is 0 Å². The number of nitrogens with two attached hydrogens (primary N) is 1. The molecule has 0 bridgehead atoms. The molecule has 0 fully saturated rings. The van der Waals surface area contributed by atoms with E-state index >= 15 is 0 Å². The van der Waals surface area contributed by atoms with Crippen LogP contribution in [0.2, 0.25) is 5.02 Å². The van der Waals surface area contributed by atoms with E-state index in [1.54, 1.807) is 6.92 Å². The monoisotopic (exact) mass is 306 g/mol. The van der Waals surface area contributed by atoms with E-state index in [1.807, 2.05) is 31.2 Å². The average Bonchev–Trinajstić information content (AvgIpc) is 2.44. The lowest BCUT2D eigenvalue weighted by molar-refractivity contribution is -0.122. The summed E-state index contributed by atoms with van der Waals surface area (Å²) in [4.78, 5) is 11.9. The average molecular weight is 307 g/mol. The molecule has 2 aromatic carbocycles. The van der Waals surface area contributed by atoms with Crippen molar-refractivity contribution >= 4 is 23.2 Å². The van der Waals surface area contributed by atoms with Gasteiger partial charge in [-0.3, -0.25) is 4.79 Å². The molecule has 0 aromatic heterocycles. The number of rotatable bonds is 4. The minimum atomic E-state index is -1.19. The van der Waals surface area contributed by atoms with Crippen molar-refractivity contribution in [2.75, 3.05) is 5.32 Å². The highest BCUT2D eigenvalue weighted by atomic mass is 35.5. The van der Waals surface area contributed by atoms with Crippen LogP contribution in [0.5, 0.6) is 0 Å². The maximum Gasteiger partial charge on any atom is 0.247 e. The molecule has 2 rings (SSSR count). The summed E-state index contributed by atoms with van der Waals surface area (Å²) in [5.74, 6) is -1.12. The highest BCUT2D eigenvalue weighted by Crippen LogP contribution is 2.29. The molecule has 0 saturated carbocycles. The van der Waals surface area contributed by atoms with Crippen LogP contribution in [-0.4, -0.2) is 5.91 Å². The normalized spacial score (nSPS) is 13.5. The number of halogens is 2. The number of primary amides is 1. The number of aryl methyl sites for hydroxylation is 1. The van der Waals surface area contributed by atoms with Gasteiger partial charge in [0.15, 0.2) is 0 Å². The highest BCUT2D eigenvalue weighted by Gasteiger charge is 2.33. The first kappa shape index (κ1) is 15.3. The highest BCUT2D eigenvalue weighted by molar-refractivity contribution is 6.30. The Balaban J connectivity index is 2.42. The van der Waals surface area contributed by atoms with E-state index in [1.165, 1.54) is 18.2 Å². The molecule has 3 N–H and O–H groups in total. The van der Waals surface area contributed by atoms with Crippen molar-refractivity contribution in [3.63, 3.8) is 0 Å². The van der Waals surface area contributed by atoms with Gasteiger partial charge in [0, 0.05) is 5.69 Å². The van der Waals surface area contributed by atoms with Gasteiger partial charge in [-0.25, -0.2) is 4.39 Å². The summed E-state index contributed by atoms with van der Waals surface area (Å²) in [5, 5.41) is 3.04. The standard InChI is InChI=1S/C16H16ClFN2O/c1-10-3-6-12(7-4-10)20-16(2,15(19)21)11-5-8-14(18)13(17)9-11/h3-9,20H,1-2H3,(H2,19,21). The van der Waals surface area contributed by atoms with Gasteiger partial charge in [-0.2, -0.15) is 0 Å². The fourth-order valence-electron chi connectivity index (χ4n) is 2.01. The summed E-state index contributed by atoms with van der Waals surface area (Å²) in [7, 11) is 0. The zero-order valence-corrected chi connectivity index (χ0v) is 12.5. The molecule has 1 unspecified atom stereocenters. The molecule has 0 aliphatic carbocycles. The number of carbonyl (C=O) groups excluding carboxylic acids is 1. The van der Waals surface area contributed by atoms with Gasteiger partial charge < -0.3 is 11.1 Å². The van der Waals surface area contributed by atoms with Gasteiger partial charge in [0.2, 0.25) is 5.91 Å². The fraction of sp³-hybridized carbons (Fsp3) is 0.188. The molecule has 0 heterocycles. The quantitative estimate of drug-likeness (QED) is 0.907.